The molecule has 3 aromatic heterocycles. The number of aromatic nitrogens is 4. The molecule has 0 atom stereocenters. The standard InChI is InChI=1S/C24H20N8O5/c1-13-14(2)18(32(34)35)9-8-16(13)20-10-7-15(36-20)11-26-28-21(33)12-31-19-6-4-3-5-17(19)27-24(31)22-23(25)30-37-29-22/h3-11H,12H2,1-2H3,(H2,25,30)(H,28,33). The highest BCUT2D eigenvalue weighted by Gasteiger charge is 2.21. The Balaban J connectivity index is 1.32. The molecule has 0 fully saturated rings. The van der Waals surface area contributed by atoms with Crippen LogP contribution >= 0.6 is 0 Å². The van der Waals surface area contributed by atoms with Crippen LogP contribution in [0.25, 0.3) is 33.9 Å². The number of anilines is 1. The Kier molecular flexibility index (Phi) is 5.93. The van der Waals surface area contributed by atoms with E-state index < -0.39 is 10.8 Å². The maximum atomic E-state index is 12.7. The van der Waals surface area contributed by atoms with Crippen molar-refractivity contribution in [3.8, 4) is 22.8 Å². The lowest BCUT2D eigenvalue weighted by Crippen LogP contribution is -2.23. The van der Waals surface area contributed by atoms with Gasteiger partial charge in [-0.25, -0.2) is 15.0 Å². The molecule has 0 bridgehead atoms. The van der Waals surface area contributed by atoms with Crippen LogP contribution in [0.2, 0.25) is 0 Å². The van der Waals surface area contributed by atoms with E-state index >= 15 is 0 Å². The van der Waals surface area contributed by atoms with Gasteiger partial charge in [-0.15, -0.1) is 0 Å². The number of furan rings is 1. The number of nitro benzene ring substituents is 1. The molecule has 13 nitrogen and oxygen atoms in total. The number of nitrogens with two attached hydrogens (primary N) is 1. The van der Waals surface area contributed by atoms with Crippen molar-refractivity contribution in [2.45, 2.75) is 20.4 Å². The number of rotatable bonds is 7. The topological polar surface area (TPSA) is 180 Å². The number of amides is 1. The van der Waals surface area contributed by atoms with Crippen molar-refractivity contribution in [1.29, 1.82) is 0 Å². The molecule has 0 spiro atoms. The fourth-order valence-corrected chi connectivity index (χ4v) is 3.95. The molecule has 3 heterocycles. The molecule has 5 rings (SSSR count). The predicted molar refractivity (Wildman–Crippen MR) is 133 cm³/mol. The second-order valence-corrected chi connectivity index (χ2v) is 8.14. The normalized spacial score (nSPS) is 11.4. The highest BCUT2D eigenvalue weighted by atomic mass is 16.6. The Hall–Kier alpha value is -5.33. The number of fused-ring (bicyclic) bond motifs is 1. The largest absolute Gasteiger partial charge is 0.455 e. The summed E-state index contributed by atoms with van der Waals surface area (Å²) in [7, 11) is 0. The first-order valence-corrected chi connectivity index (χ1v) is 11.0. The highest BCUT2D eigenvalue weighted by molar-refractivity contribution is 5.86. The Morgan fingerprint density at radius 1 is 1.16 bits per heavy atom. The molecule has 0 radical (unpaired) electrons. The van der Waals surface area contributed by atoms with Crippen LogP contribution in [0, 0.1) is 24.0 Å². The van der Waals surface area contributed by atoms with Crippen LogP contribution in [0.4, 0.5) is 11.5 Å². The minimum absolute atomic E-state index is 0.0497. The number of nitrogen functional groups attached to an aromatic ring is 1. The number of nitrogens with zero attached hydrogens (tertiary/aromatic N) is 6. The minimum Gasteiger partial charge on any atom is -0.455 e. The van der Waals surface area contributed by atoms with Crippen molar-refractivity contribution >= 4 is 34.7 Å². The first-order chi connectivity index (χ1) is 17.8. The molecule has 186 valence electrons. The third-order valence-electron chi connectivity index (χ3n) is 5.91. The molecular weight excluding hydrogens is 480 g/mol. The van der Waals surface area contributed by atoms with Gasteiger partial charge in [0.05, 0.1) is 22.2 Å². The summed E-state index contributed by atoms with van der Waals surface area (Å²) in [5, 5.41) is 22.5. The summed E-state index contributed by atoms with van der Waals surface area (Å²) in [5.74, 6) is 0.882. The summed E-state index contributed by atoms with van der Waals surface area (Å²) in [5.41, 5.74) is 12.0. The van der Waals surface area contributed by atoms with Crippen LogP contribution in [0.15, 0.2) is 62.7 Å². The zero-order valence-corrected chi connectivity index (χ0v) is 19.7. The SMILES string of the molecule is Cc1c(-c2ccc(C=NNC(=O)Cn3c(-c4nonc4N)nc4ccccc43)o2)ccc([N+](=O)[O-])c1C. The van der Waals surface area contributed by atoms with Gasteiger partial charge in [-0.1, -0.05) is 12.1 Å². The number of carbonyl (C=O) groups is 1. The third-order valence-corrected chi connectivity index (χ3v) is 5.91. The summed E-state index contributed by atoms with van der Waals surface area (Å²) in [4.78, 5) is 28.0. The second-order valence-electron chi connectivity index (χ2n) is 8.14. The Labute approximate surface area is 208 Å². The summed E-state index contributed by atoms with van der Waals surface area (Å²) in [6, 6.07) is 13.8. The van der Waals surface area contributed by atoms with E-state index in [-0.39, 0.29) is 23.7 Å². The number of imidazole rings is 1. The number of nitro groups is 1. The molecular formula is C24H20N8O5. The Morgan fingerprint density at radius 3 is 2.73 bits per heavy atom. The lowest BCUT2D eigenvalue weighted by atomic mass is 10.00. The maximum Gasteiger partial charge on any atom is 0.272 e. The molecule has 0 saturated carbocycles. The van der Waals surface area contributed by atoms with Gasteiger partial charge < -0.3 is 14.7 Å². The number of hydrogen-bond donors (Lipinski definition) is 2. The number of hydrogen-bond acceptors (Lipinski definition) is 10. The van der Waals surface area contributed by atoms with Crippen molar-refractivity contribution < 1.29 is 18.8 Å². The molecule has 37 heavy (non-hydrogen) atoms. The van der Waals surface area contributed by atoms with Gasteiger partial charge in [0.1, 0.15) is 18.1 Å². The first-order valence-electron chi connectivity index (χ1n) is 11.0. The summed E-state index contributed by atoms with van der Waals surface area (Å²) < 4.78 is 12.1. The van der Waals surface area contributed by atoms with Crippen molar-refractivity contribution in [2.75, 3.05) is 5.73 Å². The van der Waals surface area contributed by atoms with E-state index in [1.807, 2.05) is 18.2 Å². The molecule has 0 aliphatic rings. The van der Waals surface area contributed by atoms with Gasteiger partial charge in [0.25, 0.3) is 11.6 Å². The van der Waals surface area contributed by atoms with Gasteiger partial charge in [-0.2, -0.15) is 5.10 Å². The van der Waals surface area contributed by atoms with E-state index in [2.05, 4.69) is 25.8 Å². The van der Waals surface area contributed by atoms with Crippen LogP contribution in [0.1, 0.15) is 16.9 Å². The number of para-hydroxylation sites is 2. The van der Waals surface area contributed by atoms with Crippen LogP contribution in [-0.2, 0) is 11.3 Å². The van der Waals surface area contributed by atoms with Crippen molar-refractivity contribution in [1.82, 2.24) is 25.3 Å². The van der Waals surface area contributed by atoms with Gasteiger partial charge in [-0.05, 0) is 60.1 Å². The van der Waals surface area contributed by atoms with E-state index in [0.717, 1.165) is 11.1 Å². The molecule has 2 aromatic carbocycles. The molecule has 0 aliphatic heterocycles. The fourth-order valence-electron chi connectivity index (χ4n) is 3.95. The van der Waals surface area contributed by atoms with E-state index in [4.69, 9.17) is 14.8 Å². The average molecular weight is 500 g/mol. The second kappa shape index (κ2) is 9.37. The molecule has 0 aliphatic carbocycles. The average Bonchev–Trinajstić information content (AvgIpc) is 3.60. The van der Waals surface area contributed by atoms with Gasteiger partial charge in [-0.3, -0.25) is 14.9 Å². The lowest BCUT2D eigenvalue weighted by Gasteiger charge is -2.07. The van der Waals surface area contributed by atoms with E-state index in [1.165, 1.54) is 12.3 Å². The molecule has 5 aromatic rings. The summed E-state index contributed by atoms with van der Waals surface area (Å²) in [6.07, 6.45) is 1.36. The molecule has 1 amide bonds. The third kappa shape index (κ3) is 4.40. The lowest BCUT2D eigenvalue weighted by molar-refractivity contribution is -0.385. The molecule has 3 N–H and O–H groups in total. The smallest absolute Gasteiger partial charge is 0.272 e. The number of carbonyl (C=O) groups excluding carboxylic acids is 1. The predicted octanol–water partition coefficient (Wildman–Crippen LogP) is 3.60. The van der Waals surface area contributed by atoms with Gasteiger partial charge in [0, 0.05) is 17.2 Å². The zero-order chi connectivity index (χ0) is 26.1. The molecule has 13 heteroatoms. The summed E-state index contributed by atoms with van der Waals surface area (Å²) in [6.45, 7) is 3.37. The molecule has 0 unspecified atom stereocenters. The number of benzene rings is 2. The number of hydrazone groups is 1. The van der Waals surface area contributed by atoms with E-state index in [0.29, 0.717) is 33.9 Å². The van der Waals surface area contributed by atoms with E-state index in [9.17, 15) is 14.9 Å². The van der Waals surface area contributed by atoms with Gasteiger partial charge >= 0.3 is 0 Å². The van der Waals surface area contributed by atoms with Crippen LogP contribution < -0.4 is 11.2 Å². The van der Waals surface area contributed by atoms with Gasteiger partial charge in [0.15, 0.2) is 17.3 Å². The van der Waals surface area contributed by atoms with Crippen LogP contribution in [0.3, 0.4) is 0 Å². The molecule has 0 saturated heterocycles. The quantitative estimate of drug-likeness (QED) is 0.192. The van der Waals surface area contributed by atoms with Crippen LogP contribution in [-0.4, -0.2) is 36.9 Å². The number of nitrogens with one attached hydrogen (secondary N) is 1. The van der Waals surface area contributed by atoms with Gasteiger partial charge in [0.2, 0.25) is 0 Å². The van der Waals surface area contributed by atoms with Crippen molar-refractivity contribution in [3.63, 3.8) is 0 Å². The fraction of sp³-hybridized carbons (Fsp3) is 0.125. The minimum atomic E-state index is -0.427. The first kappa shape index (κ1) is 23.4. The zero-order valence-electron chi connectivity index (χ0n) is 19.7. The highest BCUT2D eigenvalue weighted by Crippen LogP contribution is 2.32. The van der Waals surface area contributed by atoms with E-state index in [1.54, 1.807) is 42.7 Å². The monoisotopic (exact) mass is 500 g/mol. The maximum absolute atomic E-state index is 12.7. The Morgan fingerprint density at radius 2 is 1.97 bits per heavy atom. The van der Waals surface area contributed by atoms with Crippen molar-refractivity contribution in [3.05, 3.63) is 75.5 Å². The van der Waals surface area contributed by atoms with Crippen LogP contribution in [0.5, 0.6) is 0 Å². The Bertz CT molecular complexity index is 1680. The summed E-state index contributed by atoms with van der Waals surface area (Å²) >= 11 is 0. The van der Waals surface area contributed by atoms with Crippen molar-refractivity contribution in [2.24, 2.45) is 5.10 Å².